The van der Waals surface area contributed by atoms with E-state index in [0.29, 0.717) is 0 Å². The zero-order valence-electron chi connectivity index (χ0n) is 17.6. The van der Waals surface area contributed by atoms with E-state index >= 15 is 0 Å². The topological polar surface area (TPSA) is 0 Å². The van der Waals surface area contributed by atoms with E-state index in [4.69, 9.17) is 0 Å². The third-order valence-corrected chi connectivity index (χ3v) is 5.57. The number of aryl methyl sites for hydroxylation is 2. The summed E-state index contributed by atoms with van der Waals surface area (Å²) in [5.74, 6) is 0. The summed E-state index contributed by atoms with van der Waals surface area (Å²) in [6.45, 7) is 4.50. The van der Waals surface area contributed by atoms with Crippen LogP contribution in [0.1, 0.15) is 63.5 Å². The van der Waals surface area contributed by atoms with Gasteiger partial charge in [0.2, 0.25) is 0 Å². The summed E-state index contributed by atoms with van der Waals surface area (Å²) in [5, 5.41) is 0. The van der Waals surface area contributed by atoms with E-state index in [2.05, 4.69) is 86.6 Å². The van der Waals surface area contributed by atoms with Gasteiger partial charge in [0.15, 0.2) is 0 Å². The van der Waals surface area contributed by atoms with Gasteiger partial charge in [0.1, 0.15) is 0 Å². The molecule has 28 heavy (non-hydrogen) atoms. The van der Waals surface area contributed by atoms with E-state index < -0.39 is 0 Å². The first-order valence-electron chi connectivity index (χ1n) is 11.1. The highest BCUT2D eigenvalue weighted by Crippen LogP contribution is 2.26. The van der Waals surface area contributed by atoms with Crippen molar-refractivity contribution in [2.24, 2.45) is 0 Å². The maximum atomic E-state index is 2.30. The highest BCUT2D eigenvalue weighted by atomic mass is 14.1. The lowest BCUT2D eigenvalue weighted by Gasteiger charge is -2.07. The summed E-state index contributed by atoms with van der Waals surface area (Å²) >= 11 is 0. The molecule has 0 amide bonds. The molecule has 3 aromatic rings. The molecule has 0 spiro atoms. The number of rotatable bonds is 10. The van der Waals surface area contributed by atoms with Gasteiger partial charge in [0, 0.05) is 0 Å². The fraction of sp³-hybridized carbons (Fsp3) is 0.357. The summed E-state index contributed by atoms with van der Waals surface area (Å²) < 4.78 is 0. The summed E-state index contributed by atoms with van der Waals surface area (Å²) in [6.07, 6.45) is 10.3. The number of unbranched alkanes of at least 4 members (excludes halogenated alkanes) is 4. The molecule has 3 rings (SSSR count). The molecule has 3 aromatic carbocycles. The van der Waals surface area contributed by atoms with Gasteiger partial charge >= 0.3 is 0 Å². The molecule has 0 radical (unpaired) electrons. The molecular weight excluding hydrogens is 336 g/mol. The Morgan fingerprint density at radius 3 is 1.21 bits per heavy atom. The standard InChI is InChI=1S/C28H34/c1-3-5-6-7-8-10-24-13-17-26(18-14-24)28-21-19-27(20-22-28)25-15-11-23(9-4-2)12-16-25/h11-22H,3-10H2,1-2H3. The molecule has 0 aliphatic rings. The third kappa shape index (κ3) is 5.83. The maximum Gasteiger partial charge on any atom is -0.0184 e. The zero-order valence-corrected chi connectivity index (χ0v) is 17.6. The molecule has 146 valence electrons. The molecule has 0 heteroatoms. The van der Waals surface area contributed by atoms with Crippen molar-refractivity contribution in [2.75, 3.05) is 0 Å². The van der Waals surface area contributed by atoms with E-state index in [0.717, 1.165) is 6.42 Å². The quantitative estimate of drug-likeness (QED) is 0.314. The van der Waals surface area contributed by atoms with Gasteiger partial charge in [-0.2, -0.15) is 0 Å². The summed E-state index contributed by atoms with van der Waals surface area (Å²) in [6, 6.07) is 27.1. The Morgan fingerprint density at radius 2 is 0.786 bits per heavy atom. The van der Waals surface area contributed by atoms with Crippen LogP contribution < -0.4 is 0 Å². The summed E-state index contributed by atoms with van der Waals surface area (Å²) in [7, 11) is 0. The first-order chi connectivity index (χ1) is 13.8. The van der Waals surface area contributed by atoms with Gasteiger partial charge < -0.3 is 0 Å². The zero-order chi connectivity index (χ0) is 19.6. The predicted octanol–water partition coefficient (Wildman–Crippen LogP) is 8.49. The second-order valence-corrected chi connectivity index (χ2v) is 7.89. The van der Waals surface area contributed by atoms with Gasteiger partial charge in [0.25, 0.3) is 0 Å². The largest absolute Gasteiger partial charge is 0.0654 e. The lowest BCUT2D eigenvalue weighted by atomic mass is 9.98. The molecular formula is C28H34. The van der Waals surface area contributed by atoms with Gasteiger partial charge in [-0.25, -0.2) is 0 Å². The molecule has 0 saturated carbocycles. The molecule has 0 bridgehead atoms. The second kappa shape index (κ2) is 10.9. The van der Waals surface area contributed by atoms with Gasteiger partial charge in [-0.15, -0.1) is 0 Å². The Kier molecular flexibility index (Phi) is 7.91. The van der Waals surface area contributed by atoms with Crippen molar-refractivity contribution in [3.05, 3.63) is 83.9 Å². The van der Waals surface area contributed by atoms with Crippen LogP contribution in [0.25, 0.3) is 22.3 Å². The molecule has 0 nitrogen and oxygen atoms in total. The van der Waals surface area contributed by atoms with E-state index in [1.54, 1.807) is 0 Å². The van der Waals surface area contributed by atoms with Crippen molar-refractivity contribution < 1.29 is 0 Å². The molecule has 0 atom stereocenters. The molecule has 0 aliphatic carbocycles. The van der Waals surface area contributed by atoms with Crippen molar-refractivity contribution in [2.45, 2.75) is 65.2 Å². The smallest absolute Gasteiger partial charge is 0.0184 e. The SMILES string of the molecule is CCCCCCCc1ccc(-c2ccc(-c3ccc(CCC)cc3)cc2)cc1. The molecule has 0 aliphatic heterocycles. The van der Waals surface area contributed by atoms with Crippen molar-refractivity contribution in [1.29, 1.82) is 0 Å². The van der Waals surface area contributed by atoms with Crippen LogP contribution in [0.2, 0.25) is 0 Å². The fourth-order valence-corrected chi connectivity index (χ4v) is 3.80. The van der Waals surface area contributed by atoms with E-state index in [9.17, 15) is 0 Å². The maximum absolute atomic E-state index is 2.30. The van der Waals surface area contributed by atoms with E-state index in [1.807, 2.05) is 0 Å². The van der Waals surface area contributed by atoms with Crippen molar-refractivity contribution >= 4 is 0 Å². The Balaban J connectivity index is 1.60. The highest BCUT2D eigenvalue weighted by molar-refractivity contribution is 5.70. The van der Waals surface area contributed by atoms with Crippen LogP contribution in [0.15, 0.2) is 72.8 Å². The van der Waals surface area contributed by atoms with E-state index in [1.165, 1.54) is 78.3 Å². The fourth-order valence-electron chi connectivity index (χ4n) is 3.80. The van der Waals surface area contributed by atoms with Gasteiger partial charge in [-0.3, -0.25) is 0 Å². The minimum atomic E-state index is 1.16. The van der Waals surface area contributed by atoms with Gasteiger partial charge in [-0.05, 0) is 52.6 Å². The molecule has 0 aromatic heterocycles. The van der Waals surface area contributed by atoms with Crippen LogP contribution in [0, 0.1) is 0 Å². The first-order valence-corrected chi connectivity index (χ1v) is 11.1. The lowest BCUT2D eigenvalue weighted by Crippen LogP contribution is -1.87. The summed E-state index contributed by atoms with van der Waals surface area (Å²) in [5.41, 5.74) is 8.07. The van der Waals surface area contributed by atoms with Crippen LogP contribution in [0.3, 0.4) is 0 Å². The minimum absolute atomic E-state index is 1.16. The Hall–Kier alpha value is -2.34. The Morgan fingerprint density at radius 1 is 0.393 bits per heavy atom. The normalized spacial score (nSPS) is 10.9. The lowest BCUT2D eigenvalue weighted by molar-refractivity contribution is 0.632. The molecule has 0 N–H and O–H groups in total. The molecule has 0 unspecified atom stereocenters. The number of hydrogen-bond acceptors (Lipinski definition) is 0. The van der Waals surface area contributed by atoms with Crippen molar-refractivity contribution in [3.8, 4) is 22.3 Å². The minimum Gasteiger partial charge on any atom is -0.0654 e. The highest BCUT2D eigenvalue weighted by Gasteiger charge is 2.02. The number of hydrogen-bond donors (Lipinski definition) is 0. The van der Waals surface area contributed by atoms with Crippen LogP contribution in [0.4, 0.5) is 0 Å². The third-order valence-electron chi connectivity index (χ3n) is 5.57. The average Bonchev–Trinajstić information content (AvgIpc) is 2.75. The van der Waals surface area contributed by atoms with Crippen LogP contribution in [-0.2, 0) is 12.8 Å². The van der Waals surface area contributed by atoms with Crippen LogP contribution >= 0.6 is 0 Å². The summed E-state index contributed by atoms with van der Waals surface area (Å²) in [4.78, 5) is 0. The monoisotopic (exact) mass is 370 g/mol. The Bertz CT molecular complexity index is 807. The second-order valence-electron chi connectivity index (χ2n) is 7.89. The first kappa shape index (κ1) is 20.4. The Labute approximate surface area is 171 Å². The molecule has 0 saturated heterocycles. The van der Waals surface area contributed by atoms with Crippen LogP contribution in [0.5, 0.6) is 0 Å². The van der Waals surface area contributed by atoms with Crippen molar-refractivity contribution in [1.82, 2.24) is 0 Å². The van der Waals surface area contributed by atoms with Gasteiger partial charge in [0.05, 0.1) is 0 Å². The molecule has 0 fully saturated rings. The predicted molar refractivity (Wildman–Crippen MR) is 124 cm³/mol. The van der Waals surface area contributed by atoms with Crippen LogP contribution in [-0.4, -0.2) is 0 Å². The van der Waals surface area contributed by atoms with Gasteiger partial charge in [-0.1, -0.05) is 119 Å². The average molecular weight is 371 g/mol. The molecule has 0 heterocycles. The number of benzene rings is 3. The van der Waals surface area contributed by atoms with E-state index in [-0.39, 0.29) is 0 Å². The van der Waals surface area contributed by atoms with Crippen molar-refractivity contribution in [3.63, 3.8) is 0 Å².